The van der Waals surface area contributed by atoms with Crippen molar-refractivity contribution >= 4 is 0 Å². The fraction of sp³-hybridized carbons (Fsp3) is 0.291. The van der Waals surface area contributed by atoms with E-state index in [1.165, 1.54) is 6.26 Å². The molecule has 3 heterocycles. The van der Waals surface area contributed by atoms with Crippen molar-refractivity contribution in [3.63, 3.8) is 0 Å². The lowest BCUT2D eigenvalue weighted by molar-refractivity contribution is -0.336. The lowest BCUT2D eigenvalue weighted by Gasteiger charge is -2.46. The first kappa shape index (κ1) is 65.1. The Labute approximate surface area is 544 Å². The van der Waals surface area contributed by atoms with Gasteiger partial charge >= 0.3 is 0 Å². The average molecular weight is 1250 g/mol. The summed E-state index contributed by atoms with van der Waals surface area (Å²) in [6.07, 6.45) is -10.2. The largest absolute Gasteiger partial charge is 0.493 e. The van der Waals surface area contributed by atoms with Gasteiger partial charge in [0.05, 0.1) is 65.7 Å². The number of benzene rings is 9. The molecule has 0 radical (unpaired) electrons. The zero-order valence-electron chi connectivity index (χ0n) is 51.8. The van der Waals surface area contributed by atoms with E-state index < -0.39 is 85.3 Å². The molecule has 14 heteroatoms. The van der Waals surface area contributed by atoms with Crippen molar-refractivity contribution in [3.05, 3.63) is 335 Å². The van der Waals surface area contributed by atoms with Crippen molar-refractivity contribution in [1.29, 1.82) is 0 Å². The van der Waals surface area contributed by atoms with Crippen LogP contribution in [-0.2, 0) is 102 Å². The van der Waals surface area contributed by atoms with E-state index >= 15 is 0 Å². The van der Waals surface area contributed by atoms with Crippen LogP contribution in [-0.4, -0.2) is 110 Å². The maximum Gasteiger partial charge on any atom is 0.187 e. The molecule has 480 valence electrons. The highest BCUT2D eigenvalue weighted by Gasteiger charge is 2.52. The summed E-state index contributed by atoms with van der Waals surface area (Å²) < 4.78 is 82.2. The maximum absolute atomic E-state index is 12.8. The molecule has 3 aliphatic rings. The van der Waals surface area contributed by atoms with Gasteiger partial charge in [-0.05, 0) is 56.1 Å². The summed E-state index contributed by atoms with van der Waals surface area (Å²) >= 11 is 0. The van der Waals surface area contributed by atoms with Crippen molar-refractivity contribution < 1.29 is 67.1 Å². The lowest BCUT2D eigenvalue weighted by Crippen LogP contribution is -2.62. The third kappa shape index (κ3) is 17.1. The van der Waals surface area contributed by atoms with Gasteiger partial charge in [0.15, 0.2) is 18.7 Å². The third-order valence-corrected chi connectivity index (χ3v) is 17.0. The molecular weight excluding hydrogens is 1170 g/mol. The van der Waals surface area contributed by atoms with Gasteiger partial charge in [-0.2, -0.15) is 0 Å². The van der Waals surface area contributed by atoms with Gasteiger partial charge in [0.2, 0.25) is 0 Å². The third-order valence-electron chi connectivity index (χ3n) is 17.0. The molecule has 12 rings (SSSR count). The molecule has 2 N–H and O–H groups in total. The predicted octanol–water partition coefficient (Wildman–Crippen LogP) is 12.6. The second kappa shape index (κ2) is 33.2. The fourth-order valence-corrected chi connectivity index (χ4v) is 12.2. The molecule has 0 unspecified atom stereocenters. The summed E-state index contributed by atoms with van der Waals surface area (Å²) in [5, 5.41) is 25.5. The van der Waals surface area contributed by atoms with E-state index in [2.05, 4.69) is 36.4 Å². The highest BCUT2D eigenvalue weighted by Crippen LogP contribution is 2.42. The van der Waals surface area contributed by atoms with Gasteiger partial charge in [0.25, 0.3) is 0 Å². The smallest absolute Gasteiger partial charge is 0.187 e. The number of hydrogen-bond donors (Lipinski definition) is 2. The minimum Gasteiger partial charge on any atom is -0.493 e. The van der Waals surface area contributed by atoms with Crippen LogP contribution in [0.15, 0.2) is 285 Å². The van der Waals surface area contributed by atoms with E-state index in [1.54, 1.807) is 6.08 Å². The van der Waals surface area contributed by atoms with Crippen LogP contribution in [0.1, 0.15) is 50.1 Å². The molecule has 9 aromatic carbocycles. The first-order valence-electron chi connectivity index (χ1n) is 31.9. The van der Waals surface area contributed by atoms with Crippen molar-refractivity contribution in [1.82, 2.24) is 0 Å². The van der Waals surface area contributed by atoms with Crippen LogP contribution in [0.2, 0.25) is 0 Å². The summed E-state index contributed by atoms with van der Waals surface area (Å²) in [6, 6.07) is 89.4. The van der Waals surface area contributed by atoms with Crippen LogP contribution in [0, 0.1) is 0 Å². The van der Waals surface area contributed by atoms with Gasteiger partial charge in [-0.25, -0.2) is 0 Å². The number of rotatable bonds is 30. The van der Waals surface area contributed by atoms with Crippen LogP contribution < -0.4 is 0 Å². The summed E-state index contributed by atoms with van der Waals surface area (Å²) in [5.41, 5.74) is 7.10. The molecule has 0 saturated carbocycles. The zero-order valence-corrected chi connectivity index (χ0v) is 51.8. The van der Waals surface area contributed by atoms with Gasteiger partial charge < -0.3 is 67.1 Å². The Hall–Kier alpha value is -8.00. The summed E-state index contributed by atoms with van der Waals surface area (Å²) in [4.78, 5) is 0. The molecule has 3 aliphatic heterocycles. The zero-order chi connectivity index (χ0) is 63.3. The lowest BCUT2D eigenvalue weighted by atomic mass is 9.80. The SMILES string of the molecule is O[C@H]1[C@H](OC[C@H]2OC=C[C@@H](O[C@@H]3O[C@H](COCc4ccccc4)[C@@H](OCc4ccccc4)[C@H](OCc4ccccc4)[C@H]3O)[C@@H]2OCc2ccccc2)O[C@H](COC(c2ccccc2)(c2ccccc2)c2ccccc2)[C@@H](OCc2ccccc2)[C@@H]1OCc1ccccc1. The fourth-order valence-electron chi connectivity index (χ4n) is 12.2. The minimum atomic E-state index is -1.40. The van der Waals surface area contributed by atoms with Gasteiger partial charge in [-0.15, -0.1) is 0 Å². The van der Waals surface area contributed by atoms with Crippen molar-refractivity contribution in [2.45, 2.75) is 125 Å². The van der Waals surface area contributed by atoms with E-state index in [0.717, 1.165) is 50.1 Å². The van der Waals surface area contributed by atoms with E-state index in [-0.39, 0.29) is 52.9 Å². The molecule has 0 bridgehead atoms. The van der Waals surface area contributed by atoms with Gasteiger partial charge in [0, 0.05) is 0 Å². The highest BCUT2D eigenvalue weighted by molar-refractivity contribution is 5.47. The van der Waals surface area contributed by atoms with Crippen LogP contribution in [0.5, 0.6) is 0 Å². The monoisotopic (exact) mass is 1250 g/mol. The number of ether oxygens (including phenoxy) is 12. The molecule has 13 atom stereocenters. The van der Waals surface area contributed by atoms with Crippen LogP contribution >= 0.6 is 0 Å². The number of aliphatic hydroxyl groups is 2. The highest BCUT2D eigenvalue weighted by atomic mass is 16.7. The molecule has 14 nitrogen and oxygen atoms in total. The van der Waals surface area contributed by atoms with E-state index in [0.29, 0.717) is 6.61 Å². The standard InChI is InChI=1S/C79H80O14/c80-70-75(87-52-61-36-18-5-19-37-61)74(86-51-60-34-16-4-17-35-60)69(56-90-79(63-40-22-7-23-41-63,64-42-24-8-25-43-64)65-44-26-9-27-45-65)92-77(70)89-55-67-72(84-49-58-30-12-2-13-31-58)66(46-47-83-67)91-78-71(81)76(88-53-62-38-20-6-21-39-62)73(85-50-59-32-14-3-15-33-59)68(93-78)54-82-48-57-28-10-1-11-29-57/h1-47,66-78,80-81H,48-56H2/t66-,67-,68-,69-,70-,71-,72+,73-,74-,75-,76-,77-,78-/m1/s1. The topological polar surface area (TPSA) is 151 Å². The van der Waals surface area contributed by atoms with Crippen LogP contribution in [0.3, 0.4) is 0 Å². The van der Waals surface area contributed by atoms with E-state index in [4.69, 9.17) is 56.8 Å². The van der Waals surface area contributed by atoms with Gasteiger partial charge in [-0.1, -0.05) is 273 Å². The Morgan fingerprint density at radius 3 is 1.03 bits per heavy atom. The molecule has 0 spiro atoms. The molecule has 2 fully saturated rings. The summed E-state index contributed by atoms with van der Waals surface area (Å²) in [6.45, 7) is 1.04. The Bertz CT molecular complexity index is 3490. The predicted molar refractivity (Wildman–Crippen MR) is 351 cm³/mol. The number of aliphatic hydroxyl groups excluding tert-OH is 2. The minimum absolute atomic E-state index is 0.0481. The average Bonchev–Trinajstić information content (AvgIpc) is 0.782. The number of hydrogen-bond acceptors (Lipinski definition) is 14. The van der Waals surface area contributed by atoms with Crippen molar-refractivity contribution in [3.8, 4) is 0 Å². The normalized spacial score (nSPS) is 24.6. The second-order valence-electron chi connectivity index (χ2n) is 23.4. The first-order chi connectivity index (χ1) is 45.9. The molecule has 93 heavy (non-hydrogen) atoms. The molecule has 9 aromatic rings. The maximum atomic E-state index is 12.8. The first-order valence-corrected chi connectivity index (χ1v) is 31.9. The quantitative estimate of drug-likeness (QED) is 0.0411. The van der Waals surface area contributed by atoms with Gasteiger partial charge in [0.1, 0.15) is 66.6 Å². The Balaban J connectivity index is 0.848. The second-order valence-corrected chi connectivity index (χ2v) is 23.4. The van der Waals surface area contributed by atoms with Crippen molar-refractivity contribution in [2.75, 3.05) is 19.8 Å². The Morgan fingerprint density at radius 1 is 0.312 bits per heavy atom. The Kier molecular flexibility index (Phi) is 23.2. The van der Waals surface area contributed by atoms with E-state index in [1.807, 2.05) is 237 Å². The van der Waals surface area contributed by atoms with Crippen molar-refractivity contribution in [2.24, 2.45) is 0 Å². The molecule has 0 amide bonds. The summed E-state index contributed by atoms with van der Waals surface area (Å²) in [7, 11) is 0. The molecule has 2 saturated heterocycles. The molecular formula is C79H80O14. The summed E-state index contributed by atoms with van der Waals surface area (Å²) in [5.74, 6) is 0. The molecule has 0 aromatic heterocycles. The molecule has 0 aliphatic carbocycles. The Morgan fingerprint density at radius 2 is 0.634 bits per heavy atom. The van der Waals surface area contributed by atoms with Crippen LogP contribution in [0.25, 0.3) is 0 Å². The van der Waals surface area contributed by atoms with Gasteiger partial charge in [-0.3, -0.25) is 0 Å². The van der Waals surface area contributed by atoms with E-state index in [9.17, 15) is 10.2 Å². The van der Waals surface area contributed by atoms with Crippen LogP contribution in [0.4, 0.5) is 0 Å².